The van der Waals surface area contributed by atoms with Crippen LogP contribution in [-0.4, -0.2) is 59.0 Å². The third-order valence-electron chi connectivity index (χ3n) is 4.62. The molecule has 2 saturated heterocycles. The first-order valence-corrected chi connectivity index (χ1v) is 8.67. The van der Waals surface area contributed by atoms with Crippen LogP contribution < -0.4 is 0 Å². The summed E-state index contributed by atoms with van der Waals surface area (Å²) >= 11 is 1.79. The van der Waals surface area contributed by atoms with Gasteiger partial charge in [-0.25, -0.2) is 0 Å². The van der Waals surface area contributed by atoms with Gasteiger partial charge in [-0.15, -0.1) is 11.8 Å². The van der Waals surface area contributed by atoms with E-state index in [0.717, 1.165) is 32.6 Å². The van der Waals surface area contributed by atoms with E-state index in [1.807, 2.05) is 0 Å². The van der Waals surface area contributed by atoms with Crippen molar-refractivity contribution in [2.24, 2.45) is 0 Å². The van der Waals surface area contributed by atoms with E-state index in [1.165, 1.54) is 10.5 Å². The zero-order chi connectivity index (χ0) is 14.1. The molecule has 0 amide bonds. The smallest absolute Gasteiger partial charge is 0.0682 e. The van der Waals surface area contributed by atoms with Crippen molar-refractivity contribution in [1.82, 2.24) is 9.80 Å². The van der Waals surface area contributed by atoms with Gasteiger partial charge in [0.1, 0.15) is 0 Å². The van der Waals surface area contributed by atoms with Gasteiger partial charge >= 0.3 is 0 Å². The highest BCUT2D eigenvalue weighted by molar-refractivity contribution is 7.98. The van der Waals surface area contributed by atoms with Crippen LogP contribution in [-0.2, 0) is 6.54 Å². The first kappa shape index (κ1) is 14.4. The lowest BCUT2D eigenvalue weighted by molar-refractivity contribution is 0.0528. The number of hydrogen-bond acceptors (Lipinski definition) is 4. The van der Waals surface area contributed by atoms with Gasteiger partial charge in [-0.2, -0.15) is 0 Å². The molecule has 0 unspecified atom stereocenters. The predicted octanol–water partition coefficient (Wildman–Crippen LogP) is 2.05. The Morgan fingerprint density at radius 2 is 1.95 bits per heavy atom. The van der Waals surface area contributed by atoms with Crippen LogP contribution in [0.5, 0.6) is 0 Å². The number of aliphatic hydroxyl groups is 1. The molecular weight excluding hydrogens is 268 g/mol. The van der Waals surface area contributed by atoms with Crippen molar-refractivity contribution >= 4 is 11.8 Å². The molecule has 4 heteroatoms. The molecule has 3 atom stereocenters. The van der Waals surface area contributed by atoms with Gasteiger partial charge in [0.25, 0.3) is 0 Å². The third-order valence-corrected chi connectivity index (χ3v) is 5.36. The number of rotatable bonds is 3. The third kappa shape index (κ3) is 3.03. The summed E-state index contributed by atoms with van der Waals surface area (Å²) in [6.07, 6.45) is 2.93. The van der Waals surface area contributed by atoms with Gasteiger partial charge in [0.2, 0.25) is 0 Å². The molecule has 0 aromatic heterocycles. The Hall–Kier alpha value is -0.550. The first-order chi connectivity index (χ1) is 9.65. The van der Waals surface area contributed by atoms with Crippen molar-refractivity contribution in [3.05, 3.63) is 29.8 Å². The van der Waals surface area contributed by atoms with Crippen LogP contribution in [0.3, 0.4) is 0 Å². The molecule has 0 aliphatic carbocycles. The van der Waals surface area contributed by atoms with Crippen LogP contribution >= 0.6 is 11.8 Å². The number of thioether (sulfide) groups is 1. The minimum Gasteiger partial charge on any atom is -0.392 e. The molecule has 1 aromatic carbocycles. The van der Waals surface area contributed by atoms with Gasteiger partial charge in [-0.3, -0.25) is 9.80 Å². The highest BCUT2D eigenvalue weighted by atomic mass is 32.2. The van der Waals surface area contributed by atoms with Gasteiger partial charge in [-0.1, -0.05) is 12.1 Å². The van der Waals surface area contributed by atoms with Gasteiger partial charge in [0.15, 0.2) is 0 Å². The molecule has 1 aromatic rings. The summed E-state index contributed by atoms with van der Waals surface area (Å²) in [5, 5.41) is 9.82. The molecule has 3 rings (SSSR count). The predicted molar refractivity (Wildman–Crippen MR) is 84.1 cm³/mol. The summed E-state index contributed by atoms with van der Waals surface area (Å²) in [4.78, 5) is 6.35. The number of hydrogen-bond donors (Lipinski definition) is 1. The fourth-order valence-corrected chi connectivity index (χ4v) is 3.87. The molecule has 2 fully saturated rings. The topological polar surface area (TPSA) is 26.7 Å². The SMILES string of the molecule is CSc1ccc(CN2C[C@H]3C[C@@H](O)CN3C[C@H]2C)cc1. The van der Waals surface area contributed by atoms with Gasteiger partial charge in [-0.05, 0) is 37.3 Å². The van der Waals surface area contributed by atoms with Gasteiger partial charge in [0, 0.05) is 43.2 Å². The van der Waals surface area contributed by atoms with E-state index < -0.39 is 0 Å². The van der Waals surface area contributed by atoms with Crippen molar-refractivity contribution in [2.75, 3.05) is 25.9 Å². The number of aliphatic hydroxyl groups excluding tert-OH is 1. The molecule has 0 bridgehead atoms. The molecule has 2 aliphatic rings. The first-order valence-electron chi connectivity index (χ1n) is 7.45. The zero-order valence-electron chi connectivity index (χ0n) is 12.3. The average Bonchev–Trinajstić information content (AvgIpc) is 2.79. The maximum Gasteiger partial charge on any atom is 0.0682 e. The summed E-state index contributed by atoms with van der Waals surface area (Å²) in [7, 11) is 0. The van der Waals surface area contributed by atoms with E-state index in [-0.39, 0.29) is 6.10 Å². The Labute approximate surface area is 126 Å². The summed E-state index contributed by atoms with van der Waals surface area (Å²) in [6, 6.07) is 10.0. The highest BCUT2D eigenvalue weighted by Crippen LogP contribution is 2.26. The Morgan fingerprint density at radius 1 is 1.20 bits per heavy atom. The standard InChI is InChI=1S/C16H24N2OS/c1-12-8-18-11-15(19)7-14(18)10-17(12)9-13-3-5-16(20-2)6-4-13/h3-6,12,14-15,19H,7-11H2,1-2H3/t12-,14-,15-/m1/s1. The summed E-state index contributed by atoms with van der Waals surface area (Å²) in [5.41, 5.74) is 1.39. The minimum atomic E-state index is -0.118. The Balaban J connectivity index is 1.64. The van der Waals surface area contributed by atoms with Gasteiger partial charge in [0.05, 0.1) is 6.10 Å². The van der Waals surface area contributed by atoms with Crippen molar-refractivity contribution in [3.8, 4) is 0 Å². The number of benzene rings is 1. The molecule has 1 N–H and O–H groups in total. The van der Waals surface area contributed by atoms with E-state index >= 15 is 0 Å². The lowest BCUT2D eigenvalue weighted by atomic mass is 10.1. The number of fused-ring (bicyclic) bond motifs is 1. The van der Waals surface area contributed by atoms with E-state index in [2.05, 4.69) is 47.2 Å². The lowest BCUT2D eigenvalue weighted by Crippen LogP contribution is -2.54. The largest absolute Gasteiger partial charge is 0.392 e. The molecule has 0 spiro atoms. The second-order valence-corrected chi connectivity index (χ2v) is 7.00. The van der Waals surface area contributed by atoms with E-state index in [0.29, 0.717) is 12.1 Å². The molecule has 3 nitrogen and oxygen atoms in total. The quantitative estimate of drug-likeness (QED) is 0.863. The number of nitrogens with zero attached hydrogens (tertiary/aromatic N) is 2. The van der Waals surface area contributed by atoms with Crippen LogP contribution in [0, 0.1) is 0 Å². The van der Waals surface area contributed by atoms with Crippen LogP contribution in [0.4, 0.5) is 0 Å². The van der Waals surface area contributed by atoms with E-state index in [1.54, 1.807) is 11.8 Å². The minimum absolute atomic E-state index is 0.118. The lowest BCUT2D eigenvalue weighted by Gasteiger charge is -2.42. The fourth-order valence-electron chi connectivity index (χ4n) is 3.46. The van der Waals surface area contributed by atoms with Crippen molar-refractivity contribution in [3.63, 3.8) is 0 Å². The molecule has 0 saturated carbocycles. The maximum atomic E-state index is 9.82. The normalized spacial score (nSPS) is 31.4. The second-order valence-electron chi connectivity index (χ2n) is 6.12. The maximum absolute atomic E-state index is 9.82. The summed E-state index contributed by atoms with van der Waals surface area (Å²) in [6.45, 7) is 6.37. The summed E-state index contributed by atoms with van der Waals surface area (Å²) < 4.78 is 0. The fraction of sp³-hybridized carbons (Fsp3) is 0.625. The van der Waals surface area contributed by atoms with Crippen molar-refractivity contribution in [1.29, 1.82) is 0 Å². The van der Waals surface area contributed by atoms with E-state index in [9.17, 15) is 5.11 Å². The van der Waals surface area contributed by atoms with Gasteiger partial charge < -0.3 is 5.11 Å². The van der Waals surface area contributed by atoms with Crippen LogP contribution in [0.25, 0.3) is 0 Å². The molecule has 20 heavy (non-hydrogen) atoms. The Kier molecular flexibility index (Phi) is 4.36. The van der Waals surface area contributed by atoms with Crippen LogP contribution in [0.2, 0.25) is 0 Å². The second kappa shape index (κ2) is 6.06. The highest BCUT2D eigenvalue weighted by Gasteiger charge is 2.37. The van der Waals surface area contributed by atoms with Crippen molar-refractivity contribution < 1.29 is 5.11 Å². The average molecular weight is 292 g/mol. The summed E-state index contributed by atoms with van der Waals surface area (Å²) in [5.74, 6) is 0. The van der Waals surface area contributed by atoms with Crippen LogP contribution in [0.15, 0.2) is 29.2 Å². The monoisotopic (exact) mass is 292 g/mol. The van der Waals surface area contributed by atoms with Crippen molar-refractivity contribution in [2.45, 2.75) is 43.0 Å². The molecule has 110 valence electrons. The number of piperazine rings is 1. The van der Waals surface area contributed by atoms with Crippen LogP contribution in [0.1, 0.15) is 18.9 Å². The Morgan fingerprint density at radius 3 is 2.65 bits per heavy atom. The zero-order valence-corrected chi connectivity index (χ0v) is 13.1. The molecule has 2 heterocycles. The molecule has 2 aliphatic heterocycles. The molecular formula is C16H24N2OS. The molecule has 0 radical (unpaired) electrons. The van der Waals surface area contributed by atoms with E-state index in [4.69, 9.17) is 0 Å². The Bertz CT molecular complexity index is 450.